The number of rotatable bonds is 2. The van der Waals surface area contributed by atoms with E-state index in [-0.39, 0.29) is 29.2 Å². The van der Waals surface area contributed by atoms with Crippen LogP contribution in [0.1, 0.15) is 13.8 Å². The fourth-order valence-electron chi connectivity index (χ4n) is 1.89. The van der Waals surface area contributed by atoms with Gasteiger partial charge in [0.25, 0.3) is 5.69 Å². The molecule has 1 aromatic rings. The summed E-state index contributed by atoms with van der Waals surface area (Å²) < 4.78 is 0. The second-order valence-corrected chi connectivity index (χ2v) is 4.48. The fourth-order valence-corrected chi connectivity index (χ4v) is 1.89. The standard InChI is InChI=1S/C12H13N3O4/c1-7-8(2)13-12(17)14(11(7)16)9-4-3-5-10(6-9)15(18)19/h3-8H,1-2H3,(H,13,17). The van der Waals surface area contributed by atoms with Crippen LogP contribution in [0, 0.1) is 16.0 Å². The van der Waals surface area contributed by atoms with E-state index in [1.165, 1.54) is 24.3 Å². The van der Waals surface area contributed by atoms with Gasteiger partial charge in [0.05, 0.1) is 16.5 Å². The smallest absolute Gasteiger partial charge is 0.328 e. The first-order valence-electron chi connectivity index (χ1n) is 5.80. The first kappa shape index (κ1) is 13.0. The zero-order valence-electron chi connectivity index (χ0n) is 10.5. The Labute approximate surface area is 109 Å². The van der Waals surface area contributed by atoms with Gasteiger partial charge in [0, 0.05) is 18.2 Å². The van der Waals surface area contributed by atoms with E-state index in [0.717, 1.165) is 4.90 Å². The molecule has 0 bridgehead atoms. The lowest BCUT2D eigenvalue weighted by molar-refractivity contribution is -0.384. The largest absolute Gasteiger partial charge is 0.334 e. The molecule has 100 valence electrons. The number of imide groups is 1. The van der Waals surface area contributed by atoms with Crippen molar-refractivity contribution in [3.05, 3.63) is 34.4 Å². The average Bonchev–Trinajstić information content (AvgIpc) is 2.36. The van der Waals surface area contributed by atoms with Gasteiger partial charge >= 0.3 is 6.03 Å². The number of nitro benzene ring substituents is 1. The van der Waals surface area contributed by atoms with Crippen LogP contribution in [-0.2, 0) is 4.79 Å². The molecular formula is C12H13N3O4. The van der Waals surface area contributed by atoms with Crippen LogP contribution < -0.4 is 10.2 Å². The molecule has 2 rings (SSSR count). The van der Waals surface area contributed by atoms with E-state index >= 15 is 0 Å². The lowest BCUT2D eigenvalue weighted by Gasteiger charge is -2.33. The number of urea groups is 1. The minimum absolute atomic E-state index is 0.163. The molecule has 1 saturated heterocycles. The highest BCUT2D eigenvalue weighted by Crippen LogP contribution is 2.25. The van der Waals surface area contributed by atoms with Crippen LogP contribution in [0.5, 0.6) is 0 Å². The zero-order valence-corrected chi connectivity index (χ0v) is 10.5. The van der Waals surface area contributed by atoms with E-state index in [1.807, 2.05) is 0 Å². The molecule has 0 aliphatic carbocycles. The summed E-state index contributed by atoms with van der Waals surface area (Å²) >= 11 is 0. The summed E-state index contributed by atoms with van der Waals surface area (Å²) in [5, 5.41) is 13.4. The molecule has 1 fully saturated rings. The van der Waals surface area contributed by atoms with Crippen molar-refractivity contribution in [1.82, 2.24) is 5.32 Å². The average molecular weight is 263 g/mol. The molecule has 1 heterocycles. The molecule has 1 aliphatic rings. The Kier molecular flexibility index (Phi) is 3.20. The van der Waals surface area contributed by atoms with Crippen molar-refractivity contribution in [2.24, 2.45) is 5.92 Å². The van der Waals surface area contributed by atoms with Gasteiger partial charge in [0.2, 0.25) is 5.91 Å². The van der Waals surface area contributed by atoms with Gasteiger partial charge in [-0.1, -0.05) is 13.0 Å². The summed E-state index contributed by atoms with van der Waals surface area (Å²) in [5.74, 6) is -0.742. The molecule has 1 aliphatic heterocycles. The number of nitro groups is 1. The topological polar surface area (TPSA) is 92.6 Å². The van der Waals surface area contributed by atoms with Crippen LogP contribution in [0.15, 0.2) is 24.3 Å². The summed E-state index contributed by atoms with van der Waals surface area (Å²) in [6, 6.07) is 4.64. The van der Waals surface area contributed by atoms with Gasteiger partial charge in [-0.15, -0.1) is 0 Å². The highest BCUT2D eigenvalue weighted by Gasteiger charge is 2.37. The quantitative estimate of drug-likeness (QED) is 0.648. The van der Waals surface area contributed by atoms with Crippen molar-refractivity contribution in [3.8, 4) is 0 Å². The second-order valence-electron chi connectivity index (χ2n) is 4.48. The van der Waals surface area contributed by atoms with Crippen LogP contribution in [0.3, 0.4) is 0 Å². The van der Waals surface area contributed by atoms with Gasteiger partial charge in [0.1, 0.15) is 0 Å². The maximum atomic E-state index is 12.1. The van der Waals surface area contributed by atoms with Gasteiger partial charge in [-0.3, -0.25) is 14.9 Å². The summed E-state index contributed by atoms with van der Waals surface area (Å²) in [7, 11) is 0. The Hall–Kier alpha value is -2.44. The molecule has 0 radical (unpaired) electrons. The van der Waals surface area contributed by atoms with Crippen LogP contribution in [0.2, 0.25) is 0 Å². The van der Waals surface area contributed by atoms with E-state index in [4.69, 9.17) is 0 Å². The van der Waals surface area contributed by atoms with Crippen molar-refractivity contribution < 1.29 is 14.5 Å². The van der Waals surface area contributed by atoms with Crippen LogP contribution >= 0.6 is 0 Å². The Morgan fingerprint density at radius 1 is 1.32 bits per heavy atom. The van der Waals surface area contributed by atoms with Gasteiger partial charge in [-0.05, 0) is 13.0 Å². The first-order chi connectivity index (χ1) is 8.91. The third-order valence-corrected chi connectivity index (χ3v) is 3.21. The minimum Gasteiger partial charge on any atom is -0.334 e. The van der Waals surface area contributed by atoms with E-state index in [9.17, 15) is 19.7 Å². The number of anilines is 1. The first-order valence-corrected chi connectivity index (χ1v) is 5.80. The molecule has 3 amide bonds. The van der Waals surface area contributed by atoms with E-state index < -0.39 is 11.0 Å². The van der Waals surface area contributed by atoms with Crippen molar-refractivity contribution >= 4 is 23.3 Å². The number of non-ortho nitro benzene ring substituents is 1. The molecule has 7 heteroatoms. The predicted octanol–water partition coefficient (Wildman–Crippen LogP) is 1.68. The van der Waals surface area contributed by atoms with Gasteiger partial charge < -0.3 is 5.32 Å². The maximum Gasteiger partial charge on any atom is 0.328 e. The van der Waals surface area contributed by atoms with E-state index in [1.54, 1.807) is 13.8 Å². The Balaban J connectivity index is 2.40. The molecule has 0 saturated carbocycles. The van der Waals surface area contributed by atoms with Gasteiger partial charge in [-0.2, -0.15) is 0 Å². The molecule has 0 aromatic heterocycles. The number of hydrogen-bond acceptors (Lipinski definition) is 4. The SMILES string of the molecule is CC1NC(=O)N(c2cccc([N+](=O)[O-])c2)C(=O)C1C. The summed E-state index contributed by atoms with van der Waals surface area (Å²) in [6.45, 7) is 3.45. The molecule has 2 atom stereocenters. The summed E-state index contributed by atoms with van der Waals surface area (Å²) in [6.07, 6.45) is 0. The number of amides is 3. The Morgan fingerprint density at radius 3 is 2.63 bits per heavy atom. The van der Waals surface area contributed by atoms with Gasteiger partial charge in [-0.25, -0.2) is 9.69 Å². The fraction of sp³-hybridized carbons (Fsp3) is 0.333. The third kappa shape index (κ3) is 2.26. The van der Waals surface area contributed by atoms with Crippen molar-refractivity contribution in [1.29, 1.82) is 0 Å². The number of nitrogens with one attached hydrogen (secondary N) is 1. The van der Waals surface area contributed by atoms with Crippen molar-refractivity contribution in [2.75, 3.05) is 4.90 Å². The second kappa shape index (κ2) is 4.68. The number of carbonyl (C=O) groups is 2. The molecule has 7 nitrogen and oxygen atoms in total. The minimum atomic E-state index is -0.568. The van der Waals surface area contributed by atoms with Crippen molar-refractivity contribution in [2.45, 2.75) is 19.9 Å². The van der Waals surface area contributed by atoms with Crippen LogP contribution in [0.4, 0.5) is 16.2 Å². The summed E-state index contributed by atoms with van der Waals surface area (Å²) in [5.41, 5.74) is 0.0415. The number of nitrogens with zero attached hydrogens (tertiary/aromatic N) is 2. The van der Waals surface area contributed by atoms with Crippen LogP contribution in [-0.4, -0.2) is 22.9 Å². The Bertz CT molecular complexity index is 558. The zero-order chi connectivity index (χ0) is 14.2. The predicted molar refractivity (Wildman–Crippen MR) is 67.7 cm³/mol. The number of hydrogen-bond donors (Lipinski definition) is 1. The number of benzene rings is 1. The van der Waals surface area contributed by atoms with E-state index in [0.29, 0.717) is 0 Å². The molecule has 2 unspecified atom stereocenters. The molecule has 1 N–H and O–H groups in total. The molecular weight excluding hydrogens is 250 g/mol. The lowest BCUT2D eigenvalue weighted by atomic mass is 9.99. The summed E-state index contributed by atoms with van der Waals surface area (Å²) in [4.78, 5) is 35.1. The number of carbonyl (C=O) groups excluding carboxylic acids is 2. The highest BCUT2D eigenvalue weighted by atomic mass is 16.6. The monoisotopic (exact) mass is 263 g/mol. The molecule has 1 aromatic carbocycles. The third-order valence-electron chi connectivity index (χ3n) is 3.21. The van der Waals surface area contributed by atoms with Gasteiger partial charge in [0.15, 0.2) is 0 Å². The normalized spacial score (nSPS) is 23.2. The molecule has 0 spiro atoms. The van der Waals surface area contributed by atoms with Crippen molar-refractivity contribution in [3.63, 3.8) is 0 Å². The Morgan fingerprint density at radius 2 is 2.00 bits per heavy atom. The lowest BCUT2D eigenvalue weighted by Crippen LogP contribution is -2.58. The maximum absolute atomic E-state index is 12.1. The van der Waals surface area contributed by atoms with Crippen LogP contribution in [0.25, 0.3) is 0 Å². The van der Waals surface area contributed by atoms with E-state index in [2.05, 4.69) is 5.32 Å². The highest BCUT2D eigenvalue weighted by molar-refractivity contribution is 6.16. The molecule has 19 heavy (non-hydrogen) atoms.